The van der Waals surface area contributed by atoms with Gasteiger partial charge < -0.3 is 14.7 Å². The Morgan fingerprint density at radius 2 is 1.81 bits per heavy atom. The molecule has 6 heteroatoms. The van der Waals surface area contributed by atoms with Gasteiger partial charge in [0.1, 0.15) is 0 Å². The molecule has 1 aliphatic heterocycles. The molecule has 2 heterocycles. The molecule has 0 radical (unpaired) electrons. The van der Waals surface area contributed by atoms with Gasteiger partial charge in [-0.25, -0.2) is 0 Å². The van der Waals surface area contributed by atoms with Crippen molar-refractivity contribution in [3.05, 3.63) is 28.9 Å². The number of nitrogens with zero attached hydrogens (tertiary/aromatic N) is 2. The summed E-state index contributed by atoms with van der Waals surface area (Å²) in [5.74, 6) is 2.27. The van der Waals surface area contributed by atoms with Crippen molar-refractivity contribution in [1.82, 2.24) is 15.4 Å². The minimum atomic E-state index is 0.289. The molecule has 1 aromatic carbocycles. The number of piperidine rings is 1. The highest BCUT2D eigenvalue weighted by Gasteiger charge is 2.28. The number of halogens is 1. The number of rotatable bonds is 7. The molecule has 3 fully saturated rings. The first-order chi connectivity index (χ1) is 15.1. The van der Waals surface area contributed by atoms with Gasteiger partial charge in [0.05, 0.1) is 5.69 Å². The van der Waals surface area contributed by atoms with Gasteiger partial charge in [-0.1, -0.05) is 16.8 Å². The van der Waals surface area contributed by atoms with Crippen molar-refractivity contribution in [2.45, 2.75) is 76.2 Å². The molecular formula is C25H34ClN3O2. The molecule has 0 unspecified atom stereocenters. The average molecular weight is 444 g/mol. The molecule has 3 aliphatic rings. The first kappa shape index (κ1) is 21.3. The van der Waals surface area contributed by atoms with Crippen molar-refractivity contribution < 1.29 is 9.32 Å². The highest BCUT2D eigenvalue weighted by molar-refractivity contribution is 6.31. The largest absolute Gasteiger partial charge is 0.356 e. The van der Waals surface area contributed by atoms with Gasteiger partial charge in [0.2, 0.25) is 5.91 Å². The second kappa shape index (κ2) is 9.50. The Bertz CT molecular complexity index is 893. The van der Waals surface area contributed by atoms with Gasteiger partial charge in [0.15, 0.2) is 5.58 Å². The van der Waals surface area contributed by atoms with E-state index >= 15 is 0 Å². The lowest BCUT2D eigenvalue weighted by atomic mass is 9.83. The van der Waals surface area contributed by atoms with E-state index in [1.807, 2.05) is 18.2 Å². The van der Waals surface area contributed by atoms with Gasteiger partial charge in [-0.2, -0.15) is 0 Å². The number of carbonyl (C=O) groups is 1. The van der Waals surface area contributed by atoms with Gasteiger partial charge in [-0.15, -0.1) is 0 Å². The Morgan fingerprint density at radius 1 is 1.06 bits per heavy atom. The number of aromatic nitrogens is 1. The molecule has 1 amide bonds. The van der Waals surface area contributed by atoms with Gasteiger partial charge in [-0.3, -0.25) is 4.79 Å². The minimum absolute atomic E-state index is 0.289. The number of hydrogen-bond acceptors (Lipinski definition) is 4. The van der Waals surface area contributed by atoms with Crippen LogP contribution in [0.1, 0.15) is 75.8 Å². The molecular weight excluding hydrogens is 410 g/mol. The van der Waals surface area contributed by atoms with Crippen LogP contribution >= 0.6 is 11.6 Å². The van der Waals surface area contributed by atoms with E-state index in [4.69, 9.17) is 16.1 Å². The maximum atomic E-state index is 12.0. The van der Waals surface area contributed by atoms with Crippen molar-refractivity contribution >= 4 is 28.5 Å². The zero-order chi connectivity index (χ0) is 21.2. The van der Waals surface area contributed by atoms with Crippen molar-refractivity contribution in [2.24, 2.45) is 11.8 Å². The van der Waals surface area contributed by atoms with Crippen LogP contribution in [0.25, 0.3) is 11.0 Å². The lowest BCUT2D eigenvalue weighted by Gasteiger charge is -2.34. The van der Waals surface area contributed by atoms with Gasteiger partial charge >= 0.3 is 0 Å². The smallest absolute Gasteiger partial charge is 0.220 e. The van der Waals surface area contributed by atoms with Crippen molar-refractivity contribution in [3.63, 3.8) is 0 Å². The summed E-state index contributed by atoms with van der Waals surface area (Å²) in [6.07, 6.45) is 11.7. The molecule has 2 aromatic rings. The number of hydrogen-bond donors (Lipinski definition) is 1. The van der Waals surface area contributed by atoms with E-state index in [0.29, 0.717) is 22.9 Å². The Kier molecular flexibility index (Phi) is 6.51. The fourth-order valence-corrected chi connectivity index (χ4v) is 5.65. The van der Waals surface area contributed by atoms with E-state index in [1.54, 1.807) is 0 Å². The van der Waals surface area contributed by atoms with E-state index < -0.39 is 0 Å². The Balaban J connectivity index is 1.02. The third-order valence-electron chi connectivity index (χ3n) is 7.67. The monoisotopic (exact) mass is 443 g/mol. The molecule has 168 valence electrons. The lowest BCUT2D eigenvalue weighted by Crippen LogP contribution is -2.38. The zero-order valence-electron chi connectivity index (χ0n) is 18.3. The van der Waals surface area contributed by atoms with Crippen molar-refractivity contribution in [2.75, 3.05) is 19.6 Å². The SMILES string of the molecule is O=C(CC1CC1)N[C@H]1CC[C@H](CCN2CCC(c3noc4cc(Cl)ccc34)CC2)CC1. The van der Waals surface area contributed by atoms with Crippen molar-refractivity contribution in [1.29, 1.82) is 0 Å². The van der Waals surface area contributed by atoms with Crippen LogP contribution in [-0.2, 0) is 4.79 Å². The molecule has 5 rings (SSSR count). The van der Waals surface area contributed by atoms with Gasteiger partial charge in [0, 0.05) is 34.9 Å². The van der Waals surface area contributed by atoms with E-state index in [0.717, 1.165) is 67.8 Å². The zero-order valence-corrected chi connectivity index (χ0v) is 19.1. The predicted molar refractivity (Wildman–Crippen MR) is 123 cm³/mol. The van der Waals surface area contributed by atoms with Crippen LogP contribution in [-0.4, -0.2) is 41.6 Å². The van der Waals surface area contributed by atoms with Crippen molar-refractivity contribution in [3.8, 4) is 0 Å². The van der Waals surface area contributed by atoms with Crippen LogP contribution in [0.15, 0.2) is 22.7 Å². The summed E-state index contributed by atoms with van der Waals surface area (Å²) in [4.78, 5) is 14.7. The van der Waals surface area contributed by atoms with Crippen LogP contribution < -0.4 is 5.32 Å². The van der Waals surface area contributed by atoms with Crippen LogP contribution in [0.5, 0.6) is 0 Å². The molecule has 0 bridgehead atoms. The molecule has 0 spiro atoms. The molecule has 2 saturated carbocycles. The first-order valence-corrected chi connectivity index (χ1v) is 12.6. The molecule has 0 atom stereocenters. The maximum Gasteiger partial charge on any atom is 0.220 e. The van der Waals surface area contributed by atoms with E-state index in [9.17, 15) is 4.79 Å². The number of carbonyl (C=O) groups excluding carboxylic acids is 1. The number of nitrogens with one attached hydrogen (secondary N) is 1. The van der Waals surface area contributed by atoms with Crippen LogP contribution in [0.3, 0.4) is 0 Å². The summed E-state index contributed by atoms with van der Waals surface area (Å²) in [6, 6.07) is 6.24. The molecule has 1 N–H and O–H groups in total. The minimum Gasteiger partial charge on any atom is -0.356 e. The molecule has 31 heavy (non-hydrogen) atoms. The molecule has 1 saturated heterocycles. The Morgan fingerprint density at radius 3 is 2.55 bits per heavy atom. The van der Waals surface area contributed by atoms with Crippen LogP contribution in [0.4, 0.5) is 0 Å². The number of likely N-dealkylation sites (tertiary alicyclic amines) is 1. The summed E-state index contributed by atoms with van der Waals surface area (Å²) in [7, 11) is 0. The molecule has 1 aromatic heterocycles. The summed E-state index contributed by atoms with van der Waals surface area (Å²) < 4.78 is 5.52. The summed E-state index contributed by atoms with van der Waals surface area (Å²) in [5.41, 5.74) is 1.90. The third kappa shape index (κ3) is 5.43. The lowest BCUT2D eigenvalue weighted by molar-refractivity contribution is -0.122. The number of amides is 1. The standard InChI is InChI=1S/C25H34ClN3O2/c26-20-5-8-22-23(16-20)31-28-25(22)19-10-13-29(14-11-19)12-9-17-3-6-21(7-4-17)27-24(30)15-18-1-2-18/h5,8,16-19,21H,1-4,6-7,9-15H2,(H,27,30)/t17-,21-. The quantitative estimate of drug-likeness (QED) is 0.611. The van der Waals surface area contributed by atoms with Gasteiger partial charge in [0.25, 0.3) is 0 Å². The van der Waals surface area contributed by atoms with E-state index in [2.05, 4.69) is 15.4 Å². The highest BCUT2D eigenvalue weighted by Crippen LogP contribution is 2.35. The Labute approximate surface area is 189 Å². The average Bonchev–Trinajstić information content (AvgIpc) is 3.49. The summed E-state index contributed by atoms with van der Waals surface area (Å²) >= 11 is 6.07. The van der Waals surface area contributed by atoms with Crippen LogP contribution in [0.2, 0.25) is 5.02 Å². The predicted octanol–water partition coefficient (Wildman–Crippen LogP) is 5.53. The second-order valence-electron chi connectivity index (χ2n) is 10.0. The van der Waals surface area contributed by atoms with Gasteiger partial charge in [-0.05, 0) is 101 Å². The van der Waals surface area contributed by atoms with Crippen LogP contribution in [0, 0.1) is 11.8 Å². The summed E-state index contributed by atoms with van der Waals surface area (Å²) in [6.45, 7) is 3.48. The highest BCUT2D eigenvalue weighted by atomic mass is 35.5. The molecule has 2 aliphatic carbocycles. The summed E-state index contributed by atoms with van der Waals surface area (Å²) in [5, 5.41) is 9.46. The number of benzene rings is 1. The normalized spacial score (nSPS) is 25.7. The maximum absolute atomic E-state index is 12.0. The van der Waals surface area contributed by atoms with E-state index in [1.165, 1.54) is 38.6 Å². The van der Waals surface area contributed by atoms with E-state index in [-0.39, 0.29) is 5.91 Å². The Hall–Kier alpha value is -1.59. The third-order valence-corrected chi connectivity index (χ3v) is 7.91. The number of fused-ring (bicyclic) bond motifs is 1. The first-order valence-electron chi connectivity index (χ1n) is 12.2. The molecule has 5 nitrogen and oxygen atoms in total. The fourth-order valence-electron chi connectivity index (χ4n) is 5.49. The fraction of sp³-hybridized carbons (Fsp3) is 0.680. The topological polar surface area (TPSA) is 58.4 Å². The second-order valence-corrected chi connectivity index (χ2v) is 10.5.